The summed E-state index contributed by atoms with van der Waals surface area (Å²) in [5.74, 6) is -2.06. The lowest BCUT2D eigenvalue weighted by Gasteiger charge is -2.39. The Balaban J connectivity index is 1.83. The summed E-state index contributed by atoms with van der Waals surface area (Å²) >= 11 is 0. The number of amides is 2. The first-order valence-corrected chi connectivity index (χ1v) is 8.25. The van der Waals surface area contributed by atoms with Crippen LogP contribution in [0, 0.1) is 5.92 Å². The minimum atomic E-state index is -0.884. The van der Waals surface area contributed by atoms with Crippen molar-refractivity contribution in [1.82, 2.24) is 10.6 Å². The van der Waals surface area contributed by atoms with Crippen LogP contribution in [0.15, 0.2) is 30.3 Å². The molecule has 1 saturated carbocycles. The molecule has 1 fully saturated rings. The van der Waals surface area contributed by atoms with Crippen LogP contribution in [0.4, 0.5) is 0 Å². The van der Waals surface area contributed by atoms with E-state index in [0.29, 0.717) is 12.8 Å². The lowest BCUT2D eigenvalue weighted by molar-refractivity contribution is -0.146. The number of carboxylic acids is 1. The highest BCUT2D eigenvalue weighted by molar-refractivity contribution is 5.86. The Bertz CT molecular complexity index is 602. The number of hydrogen-bond donors (Lipinski definition) is 3. The van der Waals surface area contributed by atoms with Crippen molar-refractivity contribution in [3.05, 3.63) is 35.9 Å². The van der Waals surface area contributed by atoms with Gasteiger partial charge in [0.2, 0.25) is 11.8 Å². The van der Waals surface area contributed by atoms with Crippen molar-refractivity contribution in [1.29, 1.82) is 0 Å². The molecule has 0 spiro atoms. The van der Waals surface area contributed by atoms with Crippen LogP contribution in [0.1, 0.15) is 38.2 Å². The third-order valence-corrected chi connectivity index (χ3v) is 4.58. The predicted octanol–water partition coefficient (Wildman–Crippen LogP) is 1.49. The van der Waals surface area contributed by atoms with Gasteiger partial charge in [-0.15, -0.1) is 0 Å². The van der Waals surface area contributed by atoms with Gasteiger partial charge in [-0.1, -0.05) is 43.2 Å². The van der Waals surface area contributed by atoms with Crippen molar-refractivity contribution in [3.8, 4) is 0 Å². The molecule has 2 amide bonds. The van der Waals surface area contributed by atoms with E-state index in [4.69, 9.17) is 0 Å². The summed E-state index contributed by atoms with van der Waals surface area (Å²) in [7, 11) is 0. The maximum atomic E-state index is 12.1. The maximum absolute atomic E-state index is 12.1. The van der Waals surface area contributed by atoms with Gasteiger partial charge in [-0.2, -0.15) is 0 Å². The third-order valence-electron chi connectivity index (χ3n) is 4.58. The van der Waals surface area contributed by atoms with E-state index >= 15 is 0 Å². The lowest BCUT2D eigenvalue weighted by Crippen LogP contribution is -2.57. The summed E-state index contributed by atoms with van der Waals surface area (Å²) in [5, 5.41) is 14.7. The molecule has 6 heteroatoms. The van der Waals surface area contributed by atoms with Crippen molar-refractivity contribution < 1.29 is 19.5 Å². The molecule has 2 unspecified atom stereocenters. The molecule has 2 atom stereocenters. The van der Waals surface area contributed by atoms with E-state index in [-0.39, 0.29) is 24.8 Å². The fourth-order valence-electron chi connectivity index (χ4n) is 3.26. The highest BCUT2D eigenvalue weighted by atomic mass is 16.4. The molecular formula is C18H24N2O4. The molecule has 0 radical (unpaired) electrons. The second-order valence-electron chi connectivity index (χ2n) is 6.54. The number of carbonyl (C=O) groups excluding carboxylic acids is 2. The van der Waals surface area contributed by atoms with Crippen LogP contribution in [0.3, 0.4) is 0 Å². The molecule has 130 valence electrons. The summed E-state index contributed by atoms with van der Waals surface area (Å²) in [4.78, 5) is 35.4. The van der Waals surface area contributed by atoms with Crippen LogP contribution in [0.25, 0.3) is 0 Å². The minimum Gasteiger partial charge on any atom is -0.481 e. The number of rotatable bonds is 6. The molecule has 1 aromatic carbocycles. The van der Waals surface area contributed by atoms with Gasteiger partial charge in [0.05, 0.1) is 24.4 Å². The van der Waals surface area contributed by atoms with E-state index in [0.717, 1.165) is 18.4 Å². The van der Waals surface area contributed by atoms with E-state index in [2.05, 4.69) is 10.6 Å². The van der Waals surface area contributed by atoms with E-state index < -0.39 is 17.4 Å². The average Bonchev–Trinajstić information content (AvgIpc) is 2.53. The Labute approximate surface area is 141 Å². The van der Waals surface area contributed by atoms with Gasteiger partial charge in [0, 0.05) is 0 Å². The van der Waals surface area contributed by atoms with E-state index in [1.54, 1.807) is 6.92 Å². The van der Waals surface area contributed by atoms with Crippen LogP contribution >= 0.6 is 0 Å². The maximum Gasteiger partial charge on any atom is 0.308 e. The number of aliphatic carboxylic acids is 1. The Morgan fingerprint density at radius 2 is 1.88 bits per heavy atom. The first-order chi connectivity index (χ1) is 11.4. The topological polar surface area (TPSA) is 95.5 Å². The molecule has 2 rings (SSSR count). The van der Waals surface area contributed by atoms with Crippen LogP contribution in [0.2, 0.25) is 0 Å². The highest BCUT2D eigenvalue weighted by Crippen LogP contribution is 2.33. The summed E-state index contributed by atoms with van der Waals surface area (Å²) in [5.41, 5.74) is 0.117. The molecule has 1 aliphatic rings. The van der Waals surface area contributed by atoms with Gasteiger partial charge >= 0.3 is 5.97 Å². The molecule has 24 heavy (non-hydrogen) atoms. The van der Waals surface area contributed by atoms with Crippen molar-refractivity contribution >= 4 is 17.8 Å². The Morgan fingerprint density at radius 3 is 2.54 bits per heavy atom. The van der Waals surface area contributed by atoms with Crippen molar-refractivity contribution in [2.75, 3.05) is 6.54 Å². The summed E-state index contributed by atoms with van der Waals surface area (Å²) in [6.07, 6.45) is 3.15. The summed E-state index contributed by atoms with van der Waals surface area (Å²) in [6.45, 7) is 1.63. The van der Waals surface area contributed by atoms with Gasteiger partial charge in [0.15, 0.2) is 0 Å². The van der Waals surface area contributed by atoms with Gasteiger partial charge in [-0.25, -0.2) is 0 Å². The molecule has 0 bridgehead atoms. The number of hydrogen-bond acceptors (Lipinski definition) is 3. The van der Waals surface area contributed by atoms with Crippen LogP contribution in [-0.4, -0.2) is 35.0 Å². The van der Waals surface area contributed by atoms with E-state index in [1.807, 2.05) is 30.3 Å². The fraction of sp³-hybridized carbons (Fsp3) is 0.500. The predicted molar refractivity (Wildman–Crippen MR) is 89.3 cm³/mol. The summed E-state index contributed by atoms with van der Waals surface area (Å²) < 4.78 is 0. The Morgan fingerprint density at radius 1 is 1.17 bits per heavy atom. The minimum absolute atomic E-state index is 0.145. The van der Waals surface area contributed by atoms with Gasteiger partial charge in [-0.05, 0) is 25.3 Å². The van der Waals surface area contributed by atoms with Gasteiger partial charge in [0.25, 0.3) is 0 Å². The summed E-state index contributed by atoms with van der Waals surface area (Å²) in [6, 6.07) is 9.27. The van der Waals surface area contributed by atoms with Gasteiger partial charge < -0.3 is 15.7 Å². The highest BCUT2D eigenvalue weighted by Gasteiger charge is 2.42. The average molecular weight is 332 g/mol. The third kappa shape index (κ3) is 4.81. The Kier molecular flexibility index (Phi) is 5.95. The normalized spacial score (nSPS) is 23.3. The SMILES string of the molecule is CC1(NC(=O)CNC(=O)Cc2ccccc2)CCCCC1C(=O)O. The first-order valence-electron chi connectivity index (χ1n) is 8.25. The zero-order valence-corrected chi connectivity index (χ0v) is 13.9. The second-order valence-corrected chi connectivity index (χ2v) is 6.54. The van der Waals surface area contributed by atoms with Crippen LogP contribution < -0.4 is 10.6 Å². The zero-order valence-electron chi connectivity index (χ0n) is 13.9. The molecule has 3 N–H and O–H groups in total. The largest absolute Gasteiger partial charge is 0.481 e. The molecule has 0 aliphatic heterocycles. The number of carboxylic acid groups (broad SMARTS) is 1. The second kappa shape index (κ2) is 7.95. The van der Waals surface area contributed by atoms with E-state index in [1.165, 1.54) is 0 Å². The van der Waals surface area contributed by atoms with Crippen LogP contribution in [-0.2, 0) is 20.8 Å². The molecule has 0 aromatic heterocycles. The molecule has 6 nitrogen and oxygen atoms in total. The molecule has 1 aromatic rings. The van der Waals surface area contributed by atoms with E-state index in [9.17, 15) is 19.5 Å². The monoisotopic (exact) mass is 332 g/mol. The first kappa shape index (κ1) is 18.0. The lowest BCUT2D eigenvalue weighted by atomic mass is 9.74. The van der Waals surface area contributed by atoms with Crippen molar-refractivity contribution in [2.24, 2.45) is 5.92 Å². The standard InChI is InChI=1S/C18H24N2O4/c1-18(10-6-5-9-14(18)17(23)24)20-16(22)12-19-15(21)11-13-7-3-2-4-8-13/h2-4,7-8,14H,5-6,9-12H2,1H3,(H,19,21)(H,20,22)(H,23,24). The number of nitrogens with one attached hydrogen (secondary N) is 2. The fourth-order valence-corrected chi connectivity index (χ4v) is 3.26. The Hall–Kier alpha value is -2.37. The molecule has 1 aliphatic carbocycles. The number of carbonyl (C=O) groups is 3. The molecular weight excluding hydrogens is 308 g/mol. The van der Waals surface area contributed by atoms with Crippen molar-refractivity contribution in [3.63, 3.8) is 0 Å². The molecule has 0 saturated heterocycles. The molecule has 0 heterocycles. The smallest absolute Gasteiger partial charge is 0.308 e. The van der Waals surface area contributed by atoms with Crippen molar-refractivity contribution in [2.45, 2.75) is 44.6 Å². The number of benzene rings is 1. The zero-order chi connectivity index (χ0) is 17.6. The van der Waals surface area contributed by atoms with Crippen LogP contribution in [0.5, 0.6) is 0 Å². The van der Waals surface area contributed by atoms with Gasteiger partial charge in [-0.3, -0.25) is 14.4 Å². The quantitative estimate of drug-likeness (QED) is 0.735. The van der Waals surface area contributed by atoms with Gasteiger partial charge in [0.1, 0.15) is 0 Å².